The maximum absolute atomic E-state index is 13.6. The second-order valence-electron chi connectivity index (χ2n) is 4.44. The first-order chi connectivity index (χ1) is 9.38. The zero-order valence-electron chi connectivity index (χ0n) is 11.1. The topological polar surface area (TPSA) is 72.9 Å². The summed E-state index contributed by atoms with van der Waals surface area (Å²) in [5, 5.41) is 6.96. The molecule has 0 saturated heterocycles. The van der Waals surface area contributed by atoms with Crippen molar-refractivity contribution in [1.29, 1.82) is 0 Å². The van der Waals surface area contributed by atoms with Crippen LogP contribution in [0.3, 0.4) is 0 Å². The minimum absolute atomic E-state index is 0.0171. The quantitative estimate of drug-likeness (QED) is 0.895. The Kier molecular flexibility index (Phi) is 3.69. The van der Waals surface area contributed by atoms with Crippen LogP contribution < -0.4 is 11.1 Å². The lowest BCUT2D eigenvalue weighted by Crippen LogP contribution is -2.14. The van der Waals surface area contributed by atoms with E-state index in [4.69, 9.17) is 5.73 Å². The van der Waals surface area contributed by atoms with Crippen LogP contribution in [0.15, 0.2) is 18.3 Å². The molecule has 0 saturated carbocycles. The van der Waals surface area contributed by atoms with Gasteiger partial charge in [0, 0.05) is 31.4 Å². The number of hydrogen-bond acceptors (Lipinski definition) is 3. The number of carbonyl (C=O) groups is 1. The molecule has 7 heteroatoms. The fraction of sp³-hybridized carbons (Fsp3) is 0.231. The van der Waals surface area contributed by atoms with Crippen molar-refractivity contribution in [3.05, 3.63) is 46.8 Å². The Hall–Kier alpha value is -2.44. The molecular formula is C13H14F2N4O. The Labute approximate surface area is 114 Å². The number of nitrogens with one attached hydrogen (secondary N) is 1. The SMILES string of the molecule is Cc1nn(C)cc1CNc1cc(C(N)=O)c(F)cc1F. The lowest BCUT2D eigenvalue weighted by molar-refractivity contribution is 0.0996. The second kappa shape index (κ2) is 5.28. The molecule has 1 aromatic heterocycles. The van der Waals surface area contributed by atoms with E-state index in [1.54, 1.807) is 17.9 Å². The minimum Gasteiger partial charge on any atom is -0.378 e. The van der Waals surface area contributed by atoms with Gasteiger partial charge in [-0.2, -0.15) is 5.10 Å². The third-order valence-corrected chi connectivity index (χ3v) is 2.91. The molecule has 20 heavy (non-hydrogen) atoms. The third kappa shape index (κ3) is 2.76. The number of amides is 1. The average Bonchev–Trinajstić information content (AvgIpc) is 2.66. The van der Waals surface area contributed by atoms with Crippen LogP contribution in [0.25, 0.3) is 0 Å². The summed E-state index contributed by atoms with van der Waals surface area (Å²) >= 11 is 0. The molecule has 2 aromatic rings. The predicted molar refractivity (Wildman–Crippen MR) is 70.1 cm³/mol. The Bertz CT molecular complexity index is 667. The van der Waals surface area contributed by atoms with Crippen molar-refractivity contribution >= 4 is 11.6 Å². The van der Waals surface area contributed by atoms with Crippen LogP contribution in [0.4, 0.5) is 14.5 Å². The zero-order chi connectivity index (χ0) is 14.9. The van der Waals surface area contributed by atoms with Gasteiger partial charge in [-0.25, -0.2) is 8.78 Å². The number of carbonyl (C=O) groups excluding carboxylic acids is 1. The Morgan fingerprint density at radius 1 is 1.40 bits per heavy atom. The van der Waals surface area contributed by atoms with Gasteiger partial charge in [0.1, 0.15) is 11.6 Å². The summed E-state index contributed by atoms with van der Waals surface area (Å²) in [7, 11) is 1.78. The number of benzene rings is 1. The van der Waals surface area contributed by atoms with Crippen molar-refractivity contribution in [2.75, 3.05) is 5.32 Å². The first kappa shape index (κ1) is 14.0. The summed E-state index contributed by atoms with van der Waals surface area (Å²) in [5.74, 6) is -2.70. The molecule has 0 fully saturated rings. The number of aromatic nitrogens is 2. The van der Waals surface area contributed by atoms with Gasteiger partial charge in [-0.05, 0) is 13.0 Å². The van der Waals surface area contributed by atoms with Crippen molar-refractivity contribution in [3.63, 3.8) is 0 Å². The van der Waals surface area contributed by atoms with Crippen LogP contribution in [0.2, 0.25) is 0 Å². The molecule has 106 valence electrons. The van der Waals surface area contributed by atoms with E-state index in [2.05, 4.69) is 10.4 Å². The van der Waals surface area contributed by atoms with Crippen molar-refractivity contribution in [2.45, 2.75) is 13.5 Å². The van der Waals surface area contributed by atoms with Gasteiger partial charge < -0.3 is 11.1 Å². The highest BCUT2D eigenvalue weighted by molar-refractivity contribution is 5.94. The molecule has 0 aliphatic heterocycles. The number of halogens is 2. The standard InChI is InChI=1S/C13H14F2N4O/c1-7-8(6-19(2)18-7)5-17-12-3-9(13(16)20)10(14)4-11(12)15/h3-4,6,17H,5H2,1-2H3,(H2,16,20). The molecule has 1 heterocycles. The van der Waals surface area contributed by atoms with E-state index in [-0.39, 0.29) is 11.3 Å². The van der Waals surface area contributed by atoms with E-state index in [0.717, 1.165) is 17.3 Å². The number of nitrogens with two attached hydrogens (primary N) is 1. The minimum atomic E-state index is -0.974. The van der Waals surface area contributed by atoms with Crippen LogP contribution in [0.1, 0.15) is 21.6 Å². The van der Waals surface area contributed by atoms with E-state index < -0.39 is 17.5 Å². The predicted octanol–water partition coefficient (Wildman–Crippen LogP) is 1.72. The maximum atomic E-state index is 13.6. The average molecular weight is 280 g/mol. The molecule has 3 N–H and O–H groups in total. The molecule has 1 aromatic carbocycles. The van der Waals surface area contributed by atoms with Crippen LogP contribution in [0.5, 0.6) is 0 Å². The van der Waals surface area contributed by atoms with Gasteiger partial charge in [-0.3, -0.25) is 9.48 Å². The van der Waals surface area contributed by atoms with Gasteiger partial charge in [0.25, 0.3) is 5.91 Å². The number of rotatable bonds is 4. The van der Waals surface area contributed by atoms with Gasteiger partial charge >= 0.3 is 0 Å². The zero-order valence-corrected chi connectivity index (χ0v) is 11.1. The molecule has 0 aliphatic carbocycles. The van der Waals surface area contributed by atoms with E-state index >= 15 is 0 Å². The highest BCUT2D eigenvalue weighted by Gasteiger charge is 2.14. The van der Waals surface area contributed by atoms with Crippen molar-refractivity contribution in [2.24, 2.45) is 12.8 Å². The van der Waals surface area contributed by atoms with E-state index in [0.29, 0.717) is 12.6 Å². The molecular weight excluding hydrogens is 266 g/mol. The van der Waals surface area contributed by atoms with E-state index in [1.165, 1.54) is 0 Å². The van der Waals surface area contributed by atoms with Crippen LogP contribution in [-0.2, 0) is 13.6 Å². The lowest BCUT2D eigenvalue weighted by atomic mass is 10.1. The summed E-state index contributed by atoms with van der Waals surface area (Å²) in [6.07, 6.45) is 1.79. The molecule has 0 unspecified atom stereocenters. The lowest BCUT2D eigenvalue weighted by Gasteiger charge is -2.09. The van der Waals surface area contributed by atoms with E-state index in [1.807, 2.05) is 6.92 Å². The first-order valence-electron chi connectivity index (χ1n) is 5.90. The number of hydrogen-bond donors (Lipinski definition) is 2. The molecule has 0 aliphatic rings. The molecule has 0 radical (unpaired) electrons. The Morgan fingerprint density at radius 3 is 2.65 bits per heavy atom. The van der Waals surface area contributed by atoms with Crippen LogP contribution in [-0.4, -0.2) is 15.7 Å². The van der Waals surface area contributed by atoms with E-state index in [9.17, 15) is 13.6 Å². The highest BCUT2D eigenvalue weighted by Crippen LogP contribution is 2.20. The highest BCUT2D eigenvalue weighted by atomic mass is 19.1. The summed E-state index contributed by atoms with van der Waals surface area (Å²) < 4.78 is 28.6. The summed E-state index contributed by atoms with van der Waals surface area (Å²) in [6, 6.07) is 1.71. The smallest absolute Gasteiger partial charge is 0.251 e. The van der Waals surface area contributed by atoms with Gasteiger partial charge in [-0.1, -0.05) is 0 Å². The Morgan fingerprint density at radius 2 is 2.10 bits per heavy atom. The molecule has 5 nitrogen and oxygen atoms in total. The number of nitrogens with zero attached hydrogens (tertiary/aromatic N) is 2. The van der Waals surface area contributed by atoms with Gasteiger partial charge in [0.2, 0.25) is 0 Å². The van der Waals surface area contributed by atoms with Gasteiger partial charge in [0.15, 0.2) is 0 Å². The number of primary amides is 1. The molecule has 0 spiro atoms. The first-order valence-corrected chi connectivity index (χ1v) is 5.90. The monoisotopic (exact) mass is 280 g/mol. The van der Waals surface area contributed by atoms with Gasteiger partial charge in [0.05, 0.1) is 16.9 Å². The summed E-state index contributed by atoms with van der Waals surface area (Å²) in [4.78, 5) is 11.0. The maximum Gasteiger partial charge on any atom is 0.251 e. The van der Waals surface area contributed by atoms with Gasteiger partial charge in [-0.15, -0.1) is 0 Å². The second-order valence-corrected chi connectivity index (χ2v) is 4.44. The summed E-state index contributed by atoms with van der Waals surface area (Å²) in [5.41, 5.74) is 6.37. The largest absolute Gasteiger partial charge is 0.378 e. The third-order valence-electron chi connectivity index (χ3n) is 2.91. The normalized spacial score (nSPS) is 10.6. The number of anilines is 1. The van der Waals surface area contributed by atoms with Crippen LogP contribution in [0, 0.1) is 18.6 Å². The van der Waals surface area contributed by atoms with Crippen molar-refractivity contribution in [3.8, 4) is 0 Å². The molecule has 1 amide bonds. The van der Waals surface area contributed by atoms with Crippen molar-refractivity contribution < 1.29 is 13.6 Å². The van der Waals surface area contributed by atoms with Crippen molar-refractivity contribution in [1.82, 2.24) is 9.78 Å². The molecule has 0 bridgehead atoms. The molecule has 0 atom stereocenters. The number of aryl methyl sites for hydroxylation is 2. The molecule has 2 rings (SSSR count). The fourth-order valence-corrected chi connectivity index (χ4v) is 1.89. The van der Waals surface area contributed by atoms with Crippen LogP contribution >= 0.6 is 0 Å². The fourth-order valence-electron chi connectivity index (χ4n) is 1.89. The summed E-state index contributed by atoms with van der Waals surface area (Å²) in [6.45, 7) is 2.13. The Balaban J connectivity index is 2.23.